The second kappa shape index (κ2) is 9.82. The average molecular weight is 229 g/mol. The quantitative estimate of drug-likeness (QED) is 0.417. The van der Waals surface area contributed by atoms with Crippen LogP contribution in [0.4, 0.5) is 0 Å². The predicted octanol–water partition coefficient (Wildman–Crippen LogP) is 1.70. The third-order valence-electron chi connectivity index (χ3n) is 2.62. The van der Waals surface area contributed by atoms with Crippen molar-refractivity contribution in [2.45, 2.75) is 46.1 Å². The van der Waals surface area contributed by atoms with Crippen molar-refractivity contribution < 1.29 is 10.2 Å². The van der Waals surface area contributed by atoms with Gasteiger partial charge < -0.3 is 15.5 Å². The van der Waals surface area contributed by atoms with Crippen LogP contribution in [-0.4, -0.2) is 36.0 Å². The van der Waals surface area contributed by atoms with Crippen LogP contribution in [0.3, 0.4) is 0 Å². The van der Waals surface area contributed by atoms with Gasteiger partial charge in [0, 0.05) is 6.54 Å². The molecule has 2 atom stereocenters. The standard InChI is InChI=1S/C13H27NO2/c1-11(2)5-4-6-12(3)7-8-14-9-13(16)10-15/h5,12-16H,4,6-10H2,1-3H3. The third kappa shape index (κ3) is 10.1. The summed E-state index contributed by atoms with van der Waals surface area (Å²) < 4.78 is 0. The van der Waals surface area contributed by atoms with E-state index in [0.717, 1.165) is 19.4 Å². The van der Waals surface area contributed by atoms with Crippen LogP contribution < -0.4 is 5.32 Å². The van der Waals surface area contributed by atoms with Crippen LogP contribution in [0.25, 0.3) is 0 Å². The Balaban J connectivity index is 3.37. The van der Waals surface area contributed by atoms with Crippen LogP contribution in [0.5, 0.6) is 0 Å². The van der Waals surface area contributed by atoms with Crippen molar-refractivity contribution >= 4 is 0 Å². The third-order valence-corrected chi connectivity index (χ3v) is 2.62. The van der Waals surface area contributed by atoms with Crippen molar-refractivity contribution in [3.63, 3.8) is 0 Å². The molecular formula is C13H27NO2. The molecule has 0 rings (SSSR count). The molecule has 0 saturated heterocycles. The van der Waals surface area contributed by atoms with Crippen LogP contribution in [0.2, 0.25) is 0 Å². The lowest BCUT2D eigenvalue weighted by Gasteiger charge is -2.12. The van der Waals surface area contributed by atoms with Gasteiger partial charge in [0.1, 0.15) is 0 Å². The molecule has 0 saturated carbocycles. The molecule has 0 amide bonds. The lowest BCUT2D eigenvalue weighted by molar-refractivity contribution is 0.0943. The van der Waals surface area contributed by atoms with Crippen molar-refractivity contribution in [3.05, 3.63) is 11.6 Å². The molecule has 0 aliphatic carbocycles. The molecule has 2 unspecified atom stereocenters. The van der Waals surface area contributed by atoms with Crippen molar-refractivity contribution in [1.29, 1.82) is 0 Å². The molecule has 0 aromatic heterocycles. The maximum atomic E-state index is 9.11. The maximum absolute atomic E-state index is 9.11. The zero-order valence-corrected chi connectivity index (χ0v) is 10.9. The minimum atomic E-state index is -0.624. The summed E-state index contributed by atoms with van der Waals surface area (Å²) in [6.07, 6.45) is 5.15. The van der Waals surface area contributed by atoms with Gasteiger partial charge in [-0.25, -0.2) is 0 Å². The fraction of sp³-hybridized carbons (Fsp3) is 0.846. The molecule has 0 bridgehead atoms. The minimum absolute atomic E-state index is 0.164. The van der Waals surface area contributed by atoms with Crippen LogP contribution in [0.15, 0.2) is 11.6 Å². The van der Waals surface area contributed by atoms with Gasteiger partial charge in [0.15, 0.2) is 0 Å². The van der Waals surface area contributed by atoms with E-state index in [4.69, 9.17) is 10.2 Å². The monoisotopic (exact) mass is 229 g/mol. The highest BCUT2D eigenvalue weighted by Gasteiger charge is 2.03. The van der Waals surface area contributed by atoms with Gasteiger partial charge >= 0.3 is 0 Å². The Morgan fingerprint density at radius 3 is 2.56 bits per heavy atom. The molecule has 0 aliphatic heterocycles. The van der Waals surface area contributed by atoms with Crippen LogP contribution >= 0.6 is 0 Å². The van der Waals surface area contributed by atoms with Gasteiger partial charge in [-0.2, -0.15) is 0 Å². The second-order valence-corrected chi connectivity index (χ2v) is 4.79. The first-order valence-electron chi connectivity index (χ1n) is 6.19. The first kappa shape index (κ1) is 15.6. The molecule has 0 spiro atoms. The summed E-state index contributed by atoms with van der Waals surface area (Å²) in [5, 5.41) is 20.9. The Hall–Kier alpha value is -0.380. The van der Waals surface area contributed by atoms with E-state index in [0.29, 0.717) is 12.5 Å². The number of hydrogen-bond acceptors (Lipinski definition) is 3. The highest BCUT2D eigenvalue weighted by Crippen LogP contribution is 2.10. The highest BCUT2D eigenvalue weighted by molar-refractivity contribution is 4.92. The zero-order chi connectivity index (χ0) is 12.4. The summed E-state index contributed by atoms with van der Waals surface area (Å²) in [6, 6.07) is 0. The summed E-state index contributed by atoms with van der Waals surface area (Å²) in [7, 11) is 0. The Labute approximate surface area is 99.6 Å². The molecule has 16 heavy (non-hydrogen) atoms. The Morgan fingerprint density at radius 2 is 2.00 bits per heavy atom. The molecule has 0 aromatic rings. The molecule has 96 valence electrons. The van der Waals surface area contributed by atoms with Gasteiger partial charge in [-0.1, -0.05) is 18.6 Å². The van der Waals surface area contributed by atoms with Gasteiger partial charge in [-0.05, 0) is 45.6 Å². The first-order chi connectivity index (χ1) is 7.56. The largest absolute Gasteiger partial charge is 0.394 e. The number of rotatable bonds is 9. The fourth-order valence-corrected chi connectivity index (χ4v) is 1.48. The predicted molar refractivity (Wildman–Crippen MR) is 68.4 cm³/mol. The van der Waals surface area contributed by atoms with E-state index in [1.807, 2.05) is 0 Å². The molecular weight excluding hydrogens is 202 g/mol. The van der Waals surface area contributed by atoms with Crippen molar-refractivity contribution in [2.75, 3.05) is 19.7 Å². The van der Waals surface area contributed by atoms with Gasteiger partial charge in [0.05, 0.1) is 12.7 Å². The van der Waals surface area contributed by atoms with E-state index < -0.39 is 6.10 Å². The molecule has 0 aliphatic rings. The van der Waals surface area contributed by atoms with Crippen molar-refractivity contribution in [3.8, 4) is 0 Å². The normalized spacial score (nSPS) is 14.6. The van der Waals surface area contributed by atoms with Crippen LogP contribution in [-0.2, 0) is 0 Å². The lowest BCUT2D eigenvalue weighted by atomic mass is 10.0. The van der Waals surface area contributed by atoms with Gasteiger partial charge in [0.2, 0.25) is 0 Å². The first-order valence-corrected chi connectivity index (χ1v) is 6.19. The smallest absolute Gasteiger partial charge is 0.0894 e. The Bertz CT molecular complexity index is 188. The van der Waals surface area contributed by atoms with E-state index in [2.05, 4.69) is 32.2 Å². The molecule has 3 heteroatoms. The van der Waals surface area contributed by atoms with Crippen molar-refractivity contribution in [1.82, 2.24) is 5.32 Å². The van der Waals surface area contributed by atoms with Gasteiger partial charge in [-0.3, -0.25) is 0 Å². The lowest BCUT2D eigenvalue weighted by Crippen LogP contribution is -2.30. The summed E-state index contributed by atoms with van der Waals surface area (Å²) in [6.45, 7) is 7.74. The van der Waals surface area contributed by atoms with E-state index in [-0.39, 0.29) is 6.61 Å². The zero-order valence-electron chi connectivity index (χ0n) is 10.9. The second-order valence-electron chi connectivity index (χ2n) is 4.79. The molecule has 0 aromatic carbocycles. The molecule has 0 radical (unpaired) electrons. The van der Waals surface area contributed by atoms with Crippen LogP contribution in [0, 0.1) is 5.92 Å². The SMILES string of the molecule is CC(C)=CCCC(C)CCNCC(O)CO. The van der Waals surface area contributed by atoms with E-state index in [1.165, 1.54) is 12.0 Å². The van der Waals surface area contributed by atoms with E-state index in [9.17, 15) is 0 Å². The Morgan fingerprint density at radius 1 is 1.31 bits per heavy atom. The maximum Gasteiger partial charge on any atom is 0.0894 e. The minimum Gasteiger partial charge on any atom is -0.394 e. The fourth-order valence-electron chi connectivity index (χ4n) is 1.48. The highest BCUT2D eigenvalue weighted by atomic mass is 16.3. The molecule has 3 nitrogen and oxygen atoms in total. The number of hydrogen-bond donors (Lipinski definition) is 3. The van der Waals surface area contributed by atoms with Crippen LogP contribution in [0.1, 0.15) is 40.0 Å². The van der Waals surface area contributed by atoms with E-state index in [1.54, 1.807) is 0 Å². The number of nitrogens with one attached hydrogen (secondary N) is 1. The Kier molecular flexibility index (Phi) is 9.59. The molecule has 0 fully saturated rings. The number of aliphatic hydroxyl groups excluding tert-OH is 2. The summed E-state index contributed by atoms with van der Waals surface area (Å²) in [5.41, 5.74) is 1.39. The van der Waals surface area contributed by atoms with Gasteiger partial charge in [-0.15, -0.1) is 0 Å². The number of aliphatic hydroxyl groups is 2. The van der Waals surface area contributed by atoms with E-state index >= 15 is 0 Å². The summed E-state index contributed by atoms with van der Waals surface area (Å²) >= 11 is 0. The number of allylic oxidation sites excluding steroid dienone is 2. The van der Waals surface area contributed by atoms with Gasteiger partial charge in [0.25, 0.3) is 0 Å². The average Bonchev–Trinajstić information content (AvgIpc) is 2.23. The van der Waals surface area contributed by atoms with Crippen molar-refractivity contribution in [2.24, 2.45) is 5.92 Å². The summed E-state index contributed by atoms with van der Waals surface area (Å²) in [4.78, 5) is 0. The molecule has 3 N–H and O–H groups in total. The topological polar surface area (TPSA) is 52.5 Å². The molecule has 0 heterocycles. The summed E-state index contributed by atoms with van der Waals surface area (Å²) in [5.74, 6) is 0.703.